The van der Waals surface area contributed by atoms with E-state index in [2.05, 4.69) is 4.72 Å². The van der Waals surface area contributed by atoms with Crippen molar-refractivity contribution in [3.8, 4) is 5.75 Å². The van der Waals surface area contributed by atoms with Gasteiger partial charge in [0.25, 0.3) is 0 Å². The minimum Gasteiger partial charge on any atom is -0.491 e. The zero-order valence-electron chi connectivity index (χ0n) is 12.4. The van der Waals surface area contributed by atoms with Gasteiger partial charge in [0.05, 0.1) is 5.25 Å². The fourth-order valence-electron chi connectivity index (χ4n) is 2.46. The van der Waals surface area contributed by atoms with Crippen LogP contribution in [0.3, 0.4) is 0 Å². The highest BCUT2D eigenvalue weighted by Crippen LogP contribution is 2.16. The van der Waals surface area contributed by atoms with Gasteiger partial charge in [0.15, 0.2) is 0 Å². The predicted octanol–water partition coefficient (Wildman–Crippen LogP) is 0.189. The molecule has 2 atom stereocenters. The second kappa shape index (κ2) is 7.36. The molecule has 0 amide bonds. The van der Waals surface area contributed by atoms with Gasteiger partial charge in [0, 0.05) is 13.1 Å². The van der Waals surface area contributed by atoms with Crippen molar-refractivity contribution in [2.75, 3.05) is 33.3 Å². The van der Waals surface area contributed by atoms with Crippen molar-refractivity contribution < 1.29 is 22.7 Å². The van der Waals surface area contributed by atoms with E-state index in [1.807, 2.05) is 4.90 Å². The van der Waals surface area contributed by atoms with Gasteiger partial charge in [-0.1, -0.05) is 0 Å². The van der Waals surface area contributed by atoms with Crippen LogP contribution in [0.5, 0.6) is 5.75 Å². The second-order valence-corrected chi connectivity index (χ2v) is 7.50. The van der Waals surface area contributed by atoms with E-state index in [4.69, 9.17) is 4.74 Å². The molecule has 1 aliphatic heterocycles. The van der Waals surface area contributed by atoms with E-state index in [1.54, 1.807) is 0 Å². The number of aliphatic hydroxyl groups is 1. The third-order valence-electron chi connectivity index (χ3n) is 3.68. The lowest BCUT2D eigenvalue weighted by Crippen LogP contribution is -2.37. The fraction of sp³-hybridized carbons (Fsp3) is 0.571. The summed E-state index contributed by atoms with van der Waals surface area (Å²) in [5.41, 5.74) is 0. The van der Waals surface area contributed by atoms with Crippen molar-refractivity contribution in [3.63, 3.8) is 0 Å². The Kier molecular flexibility index (Phi) is 5.74. The molecule has 2 N–H and O–H groups in total. The average molecular weight is 332 g/mol. The Bertz CT molecular complexity index is 579. The summed E-state index contributed by atoms with van der Waals surface area (Å²) in [7, 11) is -1.86. The SMILES string of the molecule is CNS(=O)(=O)C1CCN(CC(O)COc2ccc(F)cc2)C1. The molecular weight excluding hydrogens is 311 g/mol. The molecule has 8 heteroatoms. The summed E-state index contributed by atoms with van der Waals surface area (Å²) < 4.78 is 43.9. The molecule has 1 aromatic carbocycles. The predicted molar refractivity (Wildman–Crippen MR) is 80.7 cm³/mol. The van der Waals surface area contributed by atoms with E-state index in [0.29, 0.717) is 31.8 Å². The number of likely N-dealkylation sites (tertiary alicyclic amines) is 1. The first-order chi connectivity index (χ1) is 10.4. The number of aliphatic hydroxyl groups excluding tert-OH is 1. The summed E-state index contributed by atoms with van der Waals surface area (Å²) in [6.45, 7) is 1.44. The Labute approximate surface area is 129 Å². The Morgan fingerprint density at radius 2 is 2.14 bits per heavy atom. The summed E-state index contributed by atoms with van der Waals surface area (Å²) in [6.07, 6.45) is -0.185. The maximum atomic E-state index is 12.8. The molecule has 0 aliphatic carbocycles. The standard InChI is InChI=1S/C14H21FN2O4S/c1-16-22(19,20)14-6-7-17(9-14)8-12(18)10-21-13-4-2-11(15)3-5-13/h2-5,12,14,16,18H,6-10H2,1H3. The van der Waals surface area contributed by atoms with Crippen LogP contribution in [0.25, 0.3) is 0 Å². The summed E-state index contributed by atoms with van der Waals surface area (Å²) in [5.74, 6) is 0.138. The molecule has 1 saturated heterocycles. The van der Waals surface area contributed by atoms with Crippen molar-refractivity contribution in [2.45, 2.75) is 17.8 Å². The number of benzene rings is 1. The third kappa shape index (κ3) is 4.64. The van der Waals surface area contributed by atoms with Gasteiger partial charge in [-0.15, -0.1) is 0 Å². The highest BCUT2D eigenvalue weighted by Gasteiger charge is 2.32. The van der Waals surface area contributed by atoms with Crippen LogP contribution >= 0.6 is 0 Å². The van der Waals surface area contributed by atoms with Gasteiger partial charge in [-0.05, 0) is 44.3 Å². The zero-order chi connectivity index (χ0) is 16.2. The maximum Gasteiger partial charge on any atom is 0.215 e. The summed E-state index contributed by atoms with van der Waals surface area (Å²) in [6, 6.07) is 5.56. The number of nitrogens with one attached hydrogen (secondary N) is 1. The van der Waals surface area contributed by atoms with Crippen LogP contribution in [-0.4, -0.2) is 63.1 Å². The van der Waals surface area contributed by atoms with Gasteiger partial charge in [-0.25, -0.2) is 17.5 Å². The average Bonchev–Trinajstić information content (AvgIpc) is 2.96. The first-order valence-corrected chi connectivity index (χ1v) is 8.66. The molecule has 22 heavy (non-hydrogen) atoms. The lowest BCUT2D eigenvalue weighted by Gasteiger charge is -2.20. The number of β-amino-alcohol motifs (C(OH)–C–C–N with tert-alkyl or cyclic N) is 1. The highest BCUT2D eigenvalue weighted by atomic mass is 32.2. The molecule has 124 valence electrons. The first-order valence-electron chi connectivity index (χ1n) is 7.12. The number of halogens is 1. The number of hydrogen-bond donors (Lipinski definition) is 2. The number of sulfonamides is 1. The third-order valence-corrected chi connectivity index (χ3v) is 5.51. The minimum atomic E-state index is -3.27. The minimum absolute atomic E-state index is 0.0750. The van der Waals surface area contributed by atoms with E-state index in [0.717, 1.165) is 0 Å². The number of ether oxygens (including phenoxy) is 1. The van der Waals surface area contributed by atoms with Gasteiger partial charge in [-0.3, -0.25) is 4.90 Å². The van der Waals surface area contributed by atoms with Crippen LogP contribution in [0.2, 0.25) is 0 Å². The van der Waals surface area contributed by atoms with Crippen LogP contribution in [0.1, 0.15) is 6.42 Å². The number of hydrogen-bond acceptors (Lipinski definition) is 5. The van der Waals surface area contributed by atoms with E-state index in [9.17, 15) is 17.9 Å². The molecular formula is C14H21FN2O4S. The Morgan fingerprint density at radius 3 is 2.77 bits per heavy atom. The molecule has 1 heterocycles. The smallest absolute Gasteiger partial charge is 0.215 e. The van der Waals surface area contributed by atoms with E-state index in [1.165, 1.54) is 31.3 Å². The lowest BCUT2D eigenvalue weighted by atomic mass is 10.3. The lowest BCUT2D eigenvalue weighted by molar-refractivity contribution is 0.0758. The normalized spacial score (nSPS) is 21.0. The van der Waals surface area contributed by atoms with Crippen LogP contribution in [0, 0.1) is 5.82 Å². The van der Waals surface area contributed by atoms with Crippen LogP contribution < -0.4 is 9.46 Å². The number of nitrogens with zero attached hydrogens (tertiary/aromatic N) is 1. The van der Waals surface area contributed by atoms with E-state index in [-0.39, 0.29) is 12.4 Å². The Hall–Kier alpha value is -1.22. The summed E-state index contributed by atoms with van der Waals surface area (Å²) >= 11 is 0. The highest BCUT2D eigenvalue weighted by molar-refractivity contribution is 7.90. The quantitative estimate of drug-likeness (QED) is 0.745. The van der Waals surface area contributed by atoms with Crippen molar-refractivity contribution in [2.24, 2.45) is 0 Å². The van der Waals surface area contributed by atoms with Gasteiger partial charge >= 0.3 is 0 Å². The van der Waals surface area contributed by atoms with Crippen LogP contribution in [0.15, 0.2) is 24.3 Å². The van der Waals surface area contributed by atoms with Crippen molar-refractivity contribution >= 4 is 10.0 Å². The second-order valence-electron chi connectivity index (χ2n) is 5.34. The molecule has 0 radical (unpaired) electrons. The van der Waals surface area contributed by atoms with E-state index >= 15 is 0 Å². The largest absolute Gasteiger partial charge is 0.491 e. The van der Waals surface area contributed by atoms with Gasteiger partial charge < -0.3 is 9.84 Å². The topological polar surface area (TPSA) is 78.9 Å². The molecule has 0 bridgehead atoms. The van der Waals surface area contributed by atoms with Crippen molar-refractivity contribution in [1.29, 1.82) is 0 Å². The van der Waals surface area contributed by atoms with Crippen molar-refractivity contribution in [3.05, 3.63) is 30.1 Å². The molecule has 0 saturated carbocycles. The van der Waals surface area contributed by atoms with Gasteiger partial charge in [0.2, 0.25) is 10.0 Å². The van der Waals surface area contributed by atoms with Gasteiger partial charge in [0.1, 0.15) is 24.3 Å². The molecule has 2 rings (SSSR count). The molecule has 2 unspecified atom stereocenters. The number of rotatable bonds is 7. The van der Waals surface area contributed by atoms with Crippen LogP contribution in [0.4, 0.5) is 4.39 Å². The fourth-order valence-corrected chi connectivity index (χ4v) is 3.61. The summed E-state index contributed by atoms with van der Waals surface area (Å²) in [4.78, 5) is 1.90. The van der Waals surface area contributed by atoms with Crippen LogP contribution in [-0.2, 0) is 10.0 Å². The van der Waals surface area contributed by atoms with E-state index < -0.39 is 21.4 Å². The molecule has 0 spiro atoms. The maximum absolute atomic E-state index is 12.8. The monoisotopic (exact) mass is 332 g/mol. The molecule has 1 aliphatic rings. The summed E-state index contributed by atoms with van der Waals surface area (Å²) in [5, 5.41) is 9.52. The zero-order valence-corrected chi connectivity index (χ0v) is 13.2. The molecule has 6 nitrogen and oxygen atoms in total. The van der Waals surface area contributed by atoms with Crippen molar-refractivity contribution in [1.82, 2.24) is 9.62 Å². The molecule has 1 aromatic rings. The Balaban J connectivity index is 1.76. The first kappa shape index (κ1) is 17.1. The van der Waals surface area contributed by atoms with Gasteiger partial charge in [-0.2, -0.15) is 0 Å². The molecule has 1 fully saturated rings. The molecule has 0 aromatic heterocycles. The Morgan fingerprint density at radius 1 is 1.45 bits per heavy atom.